The minimum Gasteiger partial charge on any atom is -0.392 e. The van der Waals surface area contributed by atoms with Crippen molar-refractivity contribution in [3.8, 4) is 0 Å². The third-order valence-corrected chi connectivity index (χ3v) is 1.80. The molecular formula is C7H11N3S. The fourth-order valence-electron chi connectivity index (χ4n) is 0.871. The summed E-state index contributed by atoms with van der Waals surface area (Å²) >= 11 is 4.78. The van der Waals surface area contributed by atoms with Gasteiger partial charge in [-0.15, -0.1) is 0 Å². The molecule has 4 heteroatoms. The Morgan fingerprint density at radius 1 is 1.73 bits per heavy atom. The Labute approximate surface area is 71.2 Å². The average molecular weight is 169 g/mol. The predicted octanol–water partition coefficient (Wildman–Crippen LogP) is 0.786. The molecule has 0 amide bonds. The smallest absolute Gasteiger partial charge is 0.0955 e. The van der Waals surface area contributed by atoms with Crippen LogP contribution in [0.4, 0.5) is 0 Å². The highest BCUT2D eigenvalue weighted by molar-refractivity contribution is 7.80. The Balaban J connectivity index is 2.87. The molecule has 0 atom stereocenters. The lowest BCUT2D eigenvalue weighted by Gasteiger charge is -2.01. The number of nitrogens with zero attached hydrogens (tertiary/aromatic N) is 2. The first-order valence-corrected chi connectivity index (χ1v) is 3.78. The second kappa shape index (κ2) is 3.00. The van der Waals surface area contributed by atoms with Crippen LogP contribution in [0, 0.1) is 13.8 Å². The molecule has 2 N–H and O–H groups in total. The van der Waals surface area contributed by atoms with E-state index in [1.165, 1.54) is 0 Å². The molecule has 0 fully saturated rings. The number of rotatable bonds is 2. The number of hydrogen-bond donors (Lipinski definition) is 1. The van der Waals surface area contributed by atoms with Gasteiger partial charge in [0.1, 0.15) is 0 Å². The molecule has 3 nitrogen and oxygen atoms in total. The summed E-state index contributed by atoms with van der Waals surface area (Å²) in [6, 6.07) is 0. The summed E-state index contributed by atoms with van der Waals surface area (Å²) in [6.45, 7) is 4.55. The zero-order chi connectivity index (χ0) is 8.43. The van der Waals surface area contributed by atoms with Crippen molar-refractivity contribution in [2.24, 2.45) is 5.73 Å². The van der Waals surface area contributed by atoms with Gasteiger partial charge in [0.2, 0.25) is 0 Å². The maximum absolute atomic E-state index is 5.39. The summed E-state index contributed by atoms with van der Waals surface area (Å²) in [5, 5.41) is 0. The monoisotopic (exact) mass is 169 g/mol. The van der Waals surface area contributed by atoms with Gasteiger partial charge < -0.3 is 10.3 Å². The Hall–Kier alpha value is -0.900. The summed E-state index contributed by atoms with van der Waals surface area (Å²) in [5.74, 6) is 0. The number of nitrogens with two attached hydrogens (primary N) is 1. The normalized spacial score (nSPS) is 10.0. The zero-order valence-corrected chi connectivity index (χ0v) is 7.48. The molecule has 0 radical (unpaired) electrons. The number of aromatic nitrogens is 2. The van der Waals surface area contributed by atoms with Gasteiger partial charge in [-0.1, -0.05) is 12.2 Å². The van der Waals surface area contributed by atoms with E-state index in [2.05, 4.69) is 4.98 Å². The Morgan fingerprint density at radius 2 is 2.36 bits per heavy atom. The lowest BCUT2D eigenvalue weighted by atomic mass is 10.4. The molecule has 0 spiro atoms. The van der Waals surface area contributed by atoms with Gasteiger partial charge in [0.15, 0.2) is 0 Å². The Bertz CT molecular complexity index is 277. The summed E-state index contributed by atoms with van der Waals surface area (Å²) in [6.07, 6.45) is 1.75. The number of aryl methyl sites for hydroxylation is 1. The molecule has 0 bridgehead atoms. The van der Waals surface area contributed by atoms with Crippen LogP contribution in [0.5, 0.6) is 0 Å². The SMILES string of the molecule is Cc1ncn(CC(N)=S)c1C. The molecule has 1 aromatic heterocycles. The lowest BCUT2D eigenvalue weighted by molar-refractivity contribution is 0.818. The van der Waals surface area contributed by atoms with Crippen LogP contribution in [-0.2, 0) is 6.54 Å². The number of hydrogen-bond acceptors (Lipinski definition) is 2. The summed E-state index contributed by atoms with van der Waals surface area (Å²) in [7, 11) is 0. The summed E-state index contributed by atoms with van der Waals surface area (Å²) in [5.41, 5.74) is 7.54. The molecule has 1 aromatic rings. The molecule has 0 aliphatic carbocycles. The zero-order valence-electron chi connectivity index (χ0n) is 6.66. The van der Waals surface area contributed by atoms with Crippen molar-refractivity contribution in [3.63, 3.8) is 0 Å². The lowest BCUT2D eigenvalue weighted by Crippen LogP contribution is -2.16. The van der Waals surface area contributed by atoms with Gasteiger partial charge in [0.05, 0.1) is 23.6 Å². The van der Waals surface area contributed by atoms with Crippen LogP contribution in [0.2, 0.25) is 0 Å². The van der Waals surface area contributed by atoms with Crippen molar-refractivity contribution in [1.29, 1.82) is 0 Å². The highest BCUT2D eigenvalue weighted by atomic mass is 32.1. The minimum atomic E-state index is 0.491. The van der Waals surface area contributed by atoms with Gasteiger partial charge in [-0.2, -0.15) is 0 Å². The third-order valence-electron chi connectivity index (χ3n) is 1.67. The van der Waals surface area contributed by atoms with Gasteiger partial charge in [-0.3, -0.25) is 0 Å². The van der Waals surface area contributed by atoms with E-state index in [0.717, 1.165) is 11.4 Å². The van der Waals surface area contributed by atoms with Crippen LogP contribution in [0.3, 0.4) is 0 Å². The van der Waals surface area contributed by atoms with E-state index in [4.69, 9.17) is 18.0 Å². The van der Waals surface area contributed by atoms with Crippen LogP contribution in [0.1, 0.15) is 11.4 Å². The molecule has 1 rings (SSSR count). The molecule has 0 unspecified atom stereocenters. The van der Waals surface area contributed by atoms with Crippen molar-refractivity contribution in [3.05, 3.63) is 17.7 Å². The second-order valence-corrected chi connectivity index (χ2v) is 3.03. The molecule has 0 aliphatic rings. The van der Waals surface area contributed by atoms with Gasteiger partial charge in [-0.25, -0.2) is 4.98 Å². The van der Waals surface area contributed by atoms with E-state index < -0.39 is 0 Å². The maximum Gasteiger partial charge on any atom is 0.0955 e. The van der Waals surface area contributed by atoms with Crippen molar-refractivity contribution >= 4 is 17.2 Å². The van der Waals surface area contributed by atoms with E-state index in [1.54, 1.807) is 6.33 Å². The van der Waals surface area contributed by atoms with E-state index in [1.807, 2.05) is 18.4 Å². The fourth-order valence-corrected chi connectivity index (χ4v) is 1.01. The van der Waals surface area contributed by atoms with Crippen LogP contribution in [-0.4, -0.2) is 14.5 Å². The first-order valence-electron chi connectivity index (χ1n) is 3.38. The Morgan fingerprint density at radius 3 is 2.73 bits per heavy atom. The van der Waals surface area contributed by atoms with Gasteiger partial charge in [0, 0.05) is 5.69 Å². The van der Waals surface area contributed by atoms with Gasteiger partial charge >= 0.3 is 0 Å². The molecule has 11 heavy (non-hydrogen) atoms. The largest absolute Gasteiger partial charge is 0.392 e. The molecule has 0 aliphatic heterocycles. The summed E-state index contributed by atoms with van der Waals surface area (Å²) in [4.78, 5) is 4.61. The third kappa shape index (κ3) is 1.77. The first-order chi connectivity index (χ1) is 5.11. The van der Waals surface area contributed by atoms with Crippen LogP contribution >= 0.6 is 12.2 Å². The maximum atomic E-state index is 5.39. The topological polar surface area (TPSA) is 43.8 Å². The molecular weight excluding hydrogens is 158 g/mol. The van der Waals surface area contributed by atoms with Crippen LogP contribution in [0.15, 0.2) is 6.33 Å². The van der Waals surface area contributed by atoms with E-state index in [0.29, 0.717) is 11.5 Å². The van der Waals surface area contributed by atoms with Crippen LogP contribution < -0.4 is 5.73 Å². The van der Waals surface area contributed by atoms with Crippen molar-refractivity contribution in [1.82, 2.24) is 9.55 Å². The first kappa shape index (κ1) is 8.20. The molecule has 0 saturated heterocycles. The highest BCUT2D eigenvalue weighted by Gasteiger charge is 2.01. The van der Waals surface area contributed by atoms with Gasteiger partial charge in [-0.05, 0) is 13.8 Å². The molecule has 1 heterocycles. The average Bonchev–Trinajstić information content (AvgIpc) is 2.18. The molecule has 0 saturated carbocycles. The number of imidazole rings is 1. The van der Waals surface area contributed by atoms with Crippen molar-refractivity contribution in [2.75, 3.05) is 0 Å². The second-order valence-electron chi connectivity index (χ2n) is 2.51. The summed E-state index contributed by atoms with van der Waals surface area (Å²) < 4.78 is 1.94. The van der Waals surface area contributed by atoms with Crippen LogP contribution in [0.25, 0.3) is 0 Å². The molecule has 0 aromatic carbocycles. The van der Waals surface area contributed by atoms with Crippen molar-refractivity contribution in [2.45, 2.75) is 20.4 Å². The van der Waals surface area contributed by atoms with E-state index in [9.17, 15) is 0 Å². The Kier molecular flexibility index (Phi) is 2.24. The van der Waals surface area contributed by atoms with Crippen molar-refractivity contribution < 1.29 is 0 Å². The number of thiocarbonyl (C=S) groups is 1. The van der Waals surface area contributed by atoms with E-state index >= 15 is 0 Å². The quantitative estimate of drug-likeness (QED) is 0.665. The minimum absolute atomic E-state index is 0.491. The molecule has 60 valence electrons. The van der Waals surface area contributed by atoms with Gasteiger partial charge in [0.25, 0.3) is 0 Å². The van der Waals surface area contributed by atoms with E-state index in [-0.39, 0.29) is 0 Å². The standard InChI is InChI=1S/C7H11N3S/c1-5-6(2)10(4-9-5)3-7(8)11/h4H,3H2,1-2H3,(H2,8,11). The fraction of sp³-hybridized carbons (Fsp3) is 0.429. The predicted molar refractivity (Wildman–Crippen MR) is 48.5 cm³/mol. The highest BCUT2D eigenvalue weighted by Crippen LogP contribution is 2.03.